The van der Waals surface area contributed by atoms with Crippen LogP contribution in [0, 0.1) is 5.92 Å². The highest BCUT2D eigenvalue weighted by Gasteiger charge is 2.03. The molecule has 0 unspecified atom stereocenters. The Bertz CT molecular complexity index is 544. The molecule has 2 aromatic rings. The summed E-state index contributed by atoms with van der Waals surface area (Å²) in [5.41, 5.74) is 0. The van der Waals surface area contributed by atoms with Gasteiger partial charge in [-0.15, -0.1) is 0 Å². The highest BCUT2D eigenvalue weighted by molar-refractivity contribution is 6.30. The number of halogens is 1. The van der Waals surface area contributed by atoms with E-state index in [2.05, 4.69) is 23.8 Å². The van der Waals surface area contributed by atoms with Crippen molar-refractivity contribution in [2.24, 2.45) is 5.92 Å². The average molecular weight is 293 g/mol. The van der Waals surface area contributed by atoms with Gasteiger partial charge in [0.1, 0.15) is 5.75 Å². The van der Waals surface area contributed by atoms with Gasteiger partial charge in [-0.1, -0.05) is 25.4 Å². The van der Waals surface area contributed by atoms with Crippen LogP contribution in [0.3, 0.4) is 0 Å². The molecule has 1 aromatic heterocycles. The monoisotopic (exact) mass is 292 g/mol. The molecule has 0 saturated carbocycles. The Morgan fingerprint density at radius 3 is 2.60 bits per heavy atom. The van der Waals surface area contributed by atoms with Crippen LogP contribution in [-0.4, -0.2) is 16.6 Å². The fourth-order valence-electron chi connectivity index (χ4n) is 1.46. The highest BCUT2D eigenvalue weighted by atomic mass is 35.5. The van der Waals surface area contributed by atoms with Crippen LogP contribution in [0.15, 0.2) is 36.5 Å². The molecule has 0 atom stereocenters. The lowest BCUT2D eigenvalue weighted by Gasteiger charge is -2.08. The first kappa shape index (κ1) is 14.6. The van der Waals surface area contributed by atoms with E-state index in [0.717, 1.165) is 6.42 Å². The first-order valence-electron chi connectivity index (χ1n) is 6.53. The standard InChI is InChI=1S/C15H17ClN2O2/c1-11(2)8-10-19-15-17-9-7-14(18-15)20-13-5-3-12(16)4-6-13/h3-7,9,11H,8,10H2,1-2H3. The Balaban J connectivity index is 1.96. The van der Waals surface area contributed by atoms with Crippen LogP contribution >= 0.6 is 11.6 Å². The van der Waals surface area contributed by atoms with Crippen molar-refractivity contribution in [1.82, 2.24) is 9.97 Å². The fraction of sp³-hybridized carbons (Fsp3) is 0.333. The van der Waals surface area contributed by atoms with E-state index in [1.165, 1.54) is 0 Å². The van der Waals surface area contributed by atoms with Crippen LogP contribution in [0.2, 0.25) is 5.02 Å². The summed E-state index contributed by atoms with van der Waals surface area (Å²) in [4.78, 5) is 8.26. The number of benzene rings is 1. The Kier molecular flexibility index (Phi) is 5.18. The lowest BCUT2D eigenvalue weighted by molar-refractivity contribution is 0.265. The van der Waals surface area contributed by atoms with Gasteiger partial charge in [-0.2, -0.15) is 4.98 Å². The second-order valence-corrected chi connectivity index (χ2v) is 5.20. The summed E-state index contributed by atoms with van der Waals surface area (Å²) in [6.45, 7) is 4.89. The Hall–Kier alpha value is -1.81. The first-order chi connectivity index (χ1) is 9.63. The molecule has 0 fully saturated rings. The summed E-state index contributed by atoms with van der Waals surface area (Å²) < 4.78 is 11.1. The maximum atomic E-state index is 5.82. The summed E-state index contributed by atoms with van der Waals surface area (Å²) in [5.74, 6) is 1.70. The Morgan fingerprint density at radius 1 is 1.15 bits per heavy atom. The molecule has 0 saturated heterocycles. The van der Waals surface area contributed by atoms with Gasteiger partial charge >= 0.3 is 6.01 Å². The number of hydrogen-bond donors (Lipinski definition) is 0. The van der Waals surface area contributed by atoms with Gasteiger partial charge in [-0.25, -0.2) is 4.98 Å². The third kappa shape index (κ3) is 4.70. The smallest absolute Gasteiger partial charge is 0.319 e. The number of aromatic nitrogens is 2. The summed E-state index contributed by atoms with van der Waals surface area (Å²) in [7, 11) is 0. The molecule has 106 valence electrons. The summed E-state index contributed by atoms with van der Waals surface area (Å²) in [6.07, 6.45) is 2.58. The Labute approximate surface area is 123 Å². The van der Waals surface area contributed by atoms with Gasteiger partial charge in [-0.3, -0.25) is 0 Å². The Morgan fingerprint density at radius 2 is 1.90 bits per heavy atom. The normalized spacial score (nSPS) is 10.6. The molecule has 0 amide bonds. The van der Waals surface area contributed by atoms with Gasteiger partial charge in [0.05, 0.1) is 6.61 Å². The fourth-order valence-corrected chi connectivity index (χ4v) is 1.59. The van der Waals surface area contributed by atoms with E-state index >= 15 is 0 Å². The van der Waals surface area contributed by atoms with Crippen LogP contribution in [-0.2, 0) is 0 Å². The quantitative estimate of drug-likeness (QED) is 0.794. The van der Waals surface area contributed by atoms with Crippen molar-refractivity contribution < 1.29 is 9.47 Å². The van der Waals surface area contributed by atoms with Crippen molar-refractivity contribution >= 4 is 11.6 Å². The van der Waals surface area contributed by atoms with Gasteiger partial charge < -0.3 is 9.47 Å². The van der Waals surface area contributed by atoms with E-state index in [1.54, 1.807) is 36.5 Å². The predicted octanol–water partition coefficient (Wildman–Crippen LogP) is 4.35. The molecule has 20 heavy (non-hydrogen) atoms. The maximum absolute atomic E-state index is 5.82. The predicted molar refractivity (Wildman–Crippen MR) is 78.5 cm³/mol. The zero-order valence-electron chi connectivity index (χ0n) is 11.5. The molecule has 0 radical (unpaired) electrons. The van der Waals surface area contributed by atoms with Crippen molar-refractivity contribution in [2.45, 2.75) is 20.3 Å². The summed E-state index contributed by atoms with van der Waals surface area (Å²) in [6, 6.07) is 9.10. The number of rotatable bonds is 6. The van der Waals surface area contributed by atoms with Crippen LogP contribution in [0.4, 0.5) is 0 Å². The zero-order valence-corrected chi connectivity index (χ0v) is 12.3. The van der Waals surface area contributed by atoms with E-state index in [-0.39, 0.29) is 0 Å². The lowest BCUT2D eigenvalue weighted by Crippen LogP contribution is -2.04. The molecule has 0 spiro atoms. The van der Waals surface area contributed by atoms with Crippen molar-refractivity contribution in [3.05, 3.63) is 41.6 Å². The SMILES string of the molecule is CC(C)CCOc1nccc(Oc2ccc(Cl)cc2)n1. The molecular formula is C15H17ClN2O2. The van der Waals surface area contributed by atoms with Gasteiger partial charge in [0, 0.05) is 17.3 Å². The van der Waals surface area contributed by atoms with Crippen LogP contribution in [0.1, 0.15) is 20.3 Å². The molecule has 0 aliphatic heterocycles. The van der Waals surface area contributed by atoms with E-state index in [1.807, 2.05) is 0 Å². The molecule has 1 aromatic carbocycles. The number of nitrogens with zero attached hydrogens (tertiary/aromatic N) is 2. The minimum atomic E-state index is 0.331. The van der Waals surface area contributed by atoms with Gasteiger partial charge in [0.15, 0.2) is 0 Å². The summed E-state index contributed by atoms with van der Waals surface area (Å²) >= 11 is 5.82. The van der Waals surface area contributed by atoms with Crippen molar-refractivity contribution in [3.8, 4) is 17.6 Å². The topological polar surface area (TPSA) is 44.2 Å². The molecule has 0 aliphatic carbocycles. The van der Waals surface area contributed by atoms with E-state index in [4.69, 9.17) is 21.1 Å². The van der Waals surface area contributed by atoms with Crippen molar-refractivity contribution in [3.63, 3.8) is 0 Å². The van der Waals surface area contributed by atoms with Crippen LogP contribution in [0.5, 0.6) is 17.6 Å². The molecule has 0 N–H and O–H groups in total. The zero-order chi connectivity index (χ0) is 14.4. The van der Waals surface area contributed by atoms with Crippen LogP contribution in [0.25, 0.3) is 0 Å². The number of ether oxygens (including phenoxy) is 2. The third-order valence-electron chi connectivity index (χ3n) is 2.57. The highest BCUT2D eigenvalue weighted by Crippen LogP contribution is 2.22. The molecule has 5 heteroatoms. The van der Waals surface area contributed by atoms with E-state index in [9.17, 15) is 0 Å². The van der Waals surface area contributed by atoms with E-state index < -0.39 is 0 Å². The molecular weight excluding hydrogens is 276 g/mol. The lowest BCUT2D eigenvalue weighted by atomic mass is 10.1. The molecule has 4 nitrogen and oxygen atoms in total. The summed E-state index contributed by atoms with van der Waals surface area (Å²) in [5, 5.41) is 0.665. The van der Waals surface area contributed by atoms with Gasteiger partial charge in [0.25, 0.3) is 0 Å². The van der Waals surface area contributed by atoms with Crippen molar-refractivity contribution in [2.75, 3.05) is 6.61 Å². The minimum absolute atomic E-state index is 0.331. The molecule has 0 aliphatic rings. The average Bonchev–Trinajstić information content (AvgIpc) is 2.41. The molecule has 1 heterocycles. The van der Waals surface area contributed by atoms with Gasteiger partial charge in [-0.05, 0) is 36.6 Å². The largest absolute Gasteiger partial charge is 0.463 e. The second-order valence-electron chi connectivity index (χ2n) is 4.76. The molecule has 2 rings (SSSR count). The molecule has 0 bridgehead atoms. The van der Waals surface area contributed by atoms with Crippen LogP contribution < -0.4 is 9.47 Å². The van der Waals surface area contributed by atoms with Crippen molar-refractivity contribution in [1.29, 1.82) is 0 Å². The van der Waals surface area contributed by atoms with Gasteiger partial charge in [0.2, 0.25) is 5.88 Å². The number of hydrogen-bond acceptors (Lipinski definition) is 4. The minimum Gasteiger partial charge on any atom is -0.463 e. The third-order valence-corrected chi connectivity index (χ3v) is 2.82. The second kappa shape index (κ2) is 7.10. The first-order valence-corrected chi connectivity index (χ1v) is 6.90. The maximum Gasteiger partial charge on any atom is 0.319 e. The van der Waals surface area contributed by atoms with E-state index in [0.29, 0.717) is 35.2 Å².